The summed E-state index contributed by atoms with van der Waals surface area (Å²) in [5.74, 6) is 0.604. The Labute approximate surface area is 138 Å². The number of aryl methyl sites for hydroxylation is 2. The Morgan fingerprint density at radius 3 is 2.68 bits per heavy atom. The van der Waals surface area contributed by atoms with Gasteiger partial charge in [-0.1, -0.05) is 53.0 Å². The lowest BCUT2D eigenvalue weighted by Gasteiger charge is -2.09. The third-order valence-corrected chi connectivity index (χ3v) is 4.36. The first kappa shape index (κ1) is 15.0. The second-order valence-electron chi connectivity index (χ2n) is 5.19. The Morgan fingerprint density at radius 1 is 1.09 bits per heavy atom. The van der Waals surface area contributed by atoms with E-state index in [0.717, 1.165) is 11.1 Å². The van der Waals surface area contributed by atoms with Gasteiger partial charge in [0.05, 0.1) is 16.6 Å². The number of aromatic nitrogens is 4. The minimum Gasteiger partial charge on any atom is -0.221 e. The molecular weight excluding hydrogens is 319 g/mol. The van der Waals surface area contributed by atoms with Gasteiger partial charge in [0.2, 0.25) is 0 Å². The van der Waals surface area contributed by atoms with Crippen molar-refractivity contribution in [2.75, 3.05) is 0 Å². The first-order chi connectivity index (χ1) is 10.6. The van der Waals surface area contributed by atoms with Gasteiger partial charge in [0.1, 0.15) is 0 Å². The predicted octanol–water partition coefficient (Wildman–Crippen LogP) is 4.31. The van der Waals surface area contributed by atoms with Crippen molar-refractivity contribution in [3.05, 3.63) is 63.1 Å². The summed E-state index contributed by atoms with van der Waals surface area (Å²) in [7, 11) is 0. The van der Waals surface area contributed by atoms with Crippen LogP contribution >= 0.6 is 23.2 Å². The molecule has 3 rings (SSSR count). The third kappa shape index (κ3) is 2.85. The lowest BCUT2D eigenvalue weighted by molar-refractivity contribution is 0.651. The highest BCUT2D eigenvalue weighted by atomic mass is 35.5. The average molecular weight is 333 g/mol. The summed E-state index contributed by atoms with van der Waals surface area (Å²) in [6.07, 6.45) is 0. The lowest BCUT2D eigenvalue weighted by atomic mass is 10.1. The van der Waals surface area contributed by atoms with Gasteiger partial charge in [-0.2, -0.15) is 0 Å². The SMILES string of the molecule is Cc1ccc(Cn2nnnc2-c2cccc(Cl)c2Cl)c(C)c1. The van der Waals surface area contributed by atoms with E-state index in [1.165, 1.54) is 11.1 Å². The zero-order valence-electron chi connectivity index (χ0n) is 12.2. The van der Waals surface area contributed by atoms with Gasteiger partial charge in [-0.3, -0.25) is 0 Å². The summed E-state index contributed by atoms with van der Waals surface area (Å²) in [6.45, 7) is 4.74. The van der Waals surface area contributed by atoms with E-state index < -0.39 is 0 Å². The molecule has 0 unspecified atom stereocenters. The van der Waals surface area contributed by atoms with Crippen LogP contribution in [-0.4, -0.2) is 20.2 Å². The van der Waals surface area contributed by atoms with Gasteiger partial charge in [0, 0.05) is 5.56 Å². The lowest BCUT2D eigenvalue weighted by Crippen LogP contribution is -2.06. The molecule has 22 heavy (non-hydrogen) atoms. The van der Waals surface area contributed by atoms with Crippen molar-refractivity contribution in [1.82, 2.24) is 20.2 Å². The van der Waals surface area contributed by atoms with Crippen LogP contribution in [0.3, 0.4) is 0 Å². The molecule has 112 valence electrons. The molecule has 0 saturated heterocycles. The molecule has 2 aromatic carbocycles. The summed E-state index contributed by atoms with van der Waals surface area (Å²) >= 11 is 12.3. The molecule has 0 N–H and O–H groups in total. The van der Waals surface area contributed by atoms with Gasteiger partial charge in [-0.05, 0) is 47.5 Å². The van der Waals surface area contributed by atoms with Gasteiger partial charge < -0.3 is 0 Å². The number of hydrogen-bond acceptors (Lipinski definition) is 3. The summed E-state index contributed by atoms with van der Waals surface area (Å²) in [5, 5.41) is 12.9. The average Bonchev–Trinajstić information content (AvgIpc) is 2.93. The van der Waals surface area contributed by atoms with E-state index >= 15 is 0 Å². The number of benzene rings is 2. The molecule has 0 atom stereocenters. The van der Waals surface area contributed by atoms with Gasteiger partial charge in [-0.25, -0.2) is 4.68 Å². The van der Waals surface area contributed by atoms with Crippen LogP contribution in [0.5, 0.6) is 0 Å². The molecular formula is C16H14Cl2N4. The normalized spacial score (nSPS) is 10.9. The summed E-state index contributed by atoms with van der Waals surface area (Å²) in [5.41, 5.74) is 4.33. The van der Waals surface area contributed by atoms with E-state index in [9.17, 15) is 0 Å². The van der Waals surface area contributed by atoms with Crippen LogP contribution in [-0.2, 0) is 6.54 Å². The first-order valence-corrected chi connectivity index (χ1v) is 7.58. The molecule has 0 aliphatic rings. The fourth-order valence-electron chi connectivity index (χ4n) is 2.37. The van der Waals surface area contributed by atoms with E-state index in [4.69, 9.17) is 23.2 Å². The second-order valence-corrected chi connectivity index (χ2v) is 5.98. The standard InChI is InChI=1S/C16H14Cl2N4/c1-10-6-7-12(11(2)8-10)9-22-16(19-20-21-22)13-4-3-5-14(17)15(13)18/h3-8H,9H2,1-2H3. The van der Waals surface area contributed by atoms with Crippen molar-refractivity contribution in [3.8, 4) is 11.4 Å². The fraction of sp³-hybridized carbons (Fsp3) is 0.188. The highest BCUT2D eigenvalue weighted by Gasteiger charge is 2.15. The maximum Gasteiger partial charge on any atom is 0.183 e. The molecule has 0 bridgehead atoms. The van der Waals surface area contributed by atoms with E-state index in [2.05, 4.69) is 47.6 Å². The molecule has 4 nitrogen and oxygen atoms in total. The molecule has 0 spiro atoms. The Balaban J connectivity index is 2.01. The Hall–Kier alpha value is -1.91. The van der Waals surface area contributed by atoms with Gasteiger partial charge in [-0.15, -0.1) is 5.10 Å². The molecule has 3 aromatic rings. The fourth-order valence-corrected chi connectivity index (χ4v) is 2.75. The summed E-state index contributed by atoms with van der Waals surface area (Å²) in [4.78, 5) is 0. The Bertz CT molecular complexity index is 827. The Morgan fingerprint density at radius 2 is 1.91 bits per heavy atom. The van der Waals surface area contributed by atoms with Crippen molar-refractivity contribution in [2.45, 2.75) is 20.4 Å². The summed E-state index contributed by atoms with van der Waals surface area (Å²) < 4.78 is 1.73. The van der Waals surface area contributed by atoms with Crippen LogP contribution < -0.4 is 0 Å². The molecule has 0 saturated carbocycles. The number of rotatable bonds is 3. The van der Waals surface area contributed by atoms with Crippen LogP contribution in [0.2, 0.25) is 10.0 Å². The van der Waals surface area contributed by atoms with Crippen molar-refractivity contribution < 1.29 is 0 Å². The van der Waals surface area contributed by atoms with Crippen LogP contribution in [0.15, 0.2) is 36.4 Å². The number of nitrogens with zero attached hydrogens (tertiary/aromatic N) is 4. The highest BCUT2D eigenvalue weighted by molar-refractivity contribution is 6.43. The molecule has 1 heterocycles. The van der Waals surface area contributed by atoms with E-state index in [1.54, 1.807) is 10.7 Å². The monoisotopic (exact) mass is 332 g/mol. The minimum absolute atomic E-state index is 0.459. The number of halogens is 2. The van der Waals surface area contributed by atoms with E-state index in [-0.39, 0.29) is 0 Å². The number of hydrogen-bond donors (Lipinski definition) is 0. The van der Waals surface area contributed by atoms with Gasteiger partial charge in [0.25, 0.3) is 0 Å². The smallest absolute Gasteiger partial charge is 0.183 e. The molecule has 1 aromatic heterocycles. The van der Waals surface area contributed by atoms with Crippen molar-refractivity contribution in [2.24, 2.45) is 0 Å². The molecule has 0 radical (unpaired) electrons. The van der Waals surface area contributed by atoms with E-state index in [0.29, 0.717) is 22.4 Å². The topological polar surface area (TPSA) is 43.6 Å². The number of tetrazole rings is 1. The third-order valence-electron chi connectivity index (χ3n) is 3.54. The van der Waals surface area contributed by atoms with E-state index in [1.807, 2.05) is 12.1 Å². The van der Waals surface area contributed by atoms with Crippen LogP contribution in [0, 0.1) is 13.8 Å². The maximum atomic E-state index is 6.27. The Kier molecular flexibility index (Phi) is 4.14. The molecule has 6 heteroatoms. The van der Waals surface area contributed by atoms with Crippen molar-refractivity contribution in [3.63, 3.8) is 0 Å². The van der Waals surface area contributed by atoms with Crippen LogP contribution in [0.1, 0.15) is 16.7 Å². The summed E-state index contributed by atoms with van der Waals surface area (Å²) in [6, 6.07) is 11.8. The highest BCUT2D eigenvalue weighted by Crippen LogP contribution is 2.32. The molecule has 0 aliphatic carbocycles. The van der Waals surface area contributed by atoms with Crippen LogP contribution in [0.4, 0.5) is 0 Å². The zero-order chi connectivity index (χ0) is 15.7. The minimum atomic E-state index is 0.459. The largest absolute Gasteiger partial charge is 0.221 e. The van der Waals surface area contributed by atoms with Crippen molar-refractivity contribution >= 4 is 23.2 Å². The van der Waals surface area contributed by atoms with Crippen molar-refractivity contribution in [1.29, 1.82) is 0 Å². The molecule has 0 aliphatic heterocycles. The van der Waals surface area contributed by atoms with Gasteiger partial charge >= 0.3 is 0 Å². The maximum absolute atomic E-state index is 6.27. The zero-order valence-corrected chi connectivity index (χ0v) is 13.7. The van der Waals surface area contributed by atoms with Crippen LogP contribution in [0.25, 0.3) is 11.4 Å². The predicted molar refractivity (Wildman–Crippen MR) is 88.3 cm³/mol. The molecule has 0 fully saturated rings. The molecule has 0 amide bonds. The van der Waals surface area contributed by atoms with Gasteiger partial charge in [0.15, 0.2) is 5.82 Å². The quantitative estimate of drug-likeness (QED) is 0.717. The second kappa shape index (κ2) is 6.07. The first-order valence-electron chi connectivity index (χ1n) is 6.83.